The molecule has 1 unspecified atom stereocenters. The van der Waals surface area contributed by atoms with Crippen molar-refractivity contribution in [2.24, 2.45) is 5.41 Å². The summed E-state index contributed by atoms with van der Waals surface area (Å²) >= 11 is 6.28. The molecule has 1 atom stereocenters. The minimum Gasteiger partial charge on any atom is -0.310 e. The van der Waals surface area contributed by atoms with Gasteiger partial charge in [0, 0.05) is 11.1 Å². The smallest absolute Gasteiger partial charge is 0.0438 e. The molecule has 1 nitrogen and oxygen atoms in total. The first-order valence-electron chi connectivity index (χ1n) is 7.06. The summed E-state index contributed by atoms with van der Waals surface area (Å²) in [5, 5.41) is 4.56. The maximum Gasteiger partial charge on any atom is 0.0438 e. The monoisotopic (exact) mass is 265 g/mol. The lowest BCUT2D eigenvalue weighted by molar-refractivity contribution is 0.226. The van der Waals surface area contributed by atoms with E-state index in [1.165, 1.54) is 31.2 Å². The van der Waals surface area contributed by atoms with E-state index in [1.807, 2.05) is 0 Å². The summed E-state index contributed by atoms with van der Waals surface area (Å²) < 4.78 is 0. The summed E-state index contributed by atoms with van der Waals surface area (Å²) in [7, 11) is 0. The van der Waals surface area contributed by atoms with Crippen LogP contribution in [0.1, 0.15) is 56.7 Å². The van der Waals surface area contributed by atoms with Crippen LogP contribution < -0.4 is 5.32 Å². The molecule has 0 amide bonds. The van der Waals surface area contributed by atoms with Crippen LogP contribution in [0.25, 0.3) is 0 Å². The Kier molecular flexibility index (Phi) is 4.34. The van der Waals surface area contributed by atoms with Gasteiger partial charge in [-0.3, -0.25) is 0 Å². The lowest BCUT2D eigenvalue weighted by atomic mass is 9.77. The number of benzene rings is 1. The zero-order valence-electron chi connectivity index (χ0n) is 11.7. The fourth-order valence-corrected chi connectivity index (χ4v) is 3.42. The molecule has 0 aromatic heterocycles. The molecule has 0 bridgehead atoms. The largest absolute Gasteiger partial charge is 0.310 e. The lowest BCUT2D eigenvalue weighted by Gasteiger charge is -2.35. The Bertz CT molecular complexity index is 408. The first kappa shape index (κ1) is 13.9. The first-order valence-corrected chi connectivity index (χ1v) is 7.44. The third-order valence-corrected chi connectivity index (χ3v) is 4.79. The van der Waals surface area contributed by atoms with Crippen molar-refractivity contribution in [3.8, 4) is 0 Å². The van der Waals surface area contributed by atoms with Gasteiger partial charge in [0.25, 0.3) is 0 Å². The lowest BCUT2D eigenvalue weighted by Crippen LogP contribution is -2.34. The van der Waals surface area contributed by atoms with Gasteiger partial charge in [0.05, 0.1) is 0 Å². The summed E-state index contributed by atoms with van der Waals surface area (Å²) in [6.45, 7) is 7.67. The van der Waals surface area contributed by atoms with Crippen LogP contribution in [-0.2, 0) is 0 Å². The maximum atomic E-state index is 6.28. The number of hydrogen-bond donors (Lipinski definition) is 1. The van der Waals surface area contributed by atoms with Gasteiger partial charge < -0.3 is 5.32 Å². The minimum atomic E-state index is 0.384. The highest BCUT2D eigenvalue weighted by Crippen LogP contribution is 2.47. The number of hydrogen-bond acceptors (Lipinski definition) is 1. The molecule has 1 fully saturated rings. The van der Waals surface area contributed by atoms with Crippen LogP contribution in [0.4, 0.5) is 0 Å². The number of rotatable bonds is 4. The average Bonchev–Trinajstić information content (AvgIpc) is 2.78. The summed E-state index contributed by atoms with van der Waals surface area (Å²) in [5.74, 6) is 0. The summed E-state index contributed by atoms with van der Waals surface area (Å²) in [6, 6.07) is 6.95. The van der Waals surface area contributed by atoms with Crippen LogP contribution in [-0.4, -0.2) is 6.54 Å². The Balaban J connectivity index is 2.31. The van der Waals surface area contributed by atoms with Gasteiger partial charge in [0.2, 0.25) is 0 Å². The van der Waals surface area contributed by atoms with E-state index in [0.29, 0.717) is 11.5 Å². The zero-order valence-corrected chi connectivity index (χ0v) is 12.5. The second-order valence-corrected chi connectivity index (χ2v) is 6.27. The number of nitrogens with one attached hydrogen (secondary N) is 1. The van der Waals surface area contributed by atoms with Gasteiger partial charge in [0.1, 0.15) is 0 Å². The van der Waals surface area contributed by atoms with E-state index in [-0.39, 0.29) is 0 Å². The molecule has 0 heterocycles. The maximum absolute atomic E-state index is 6.28. The van der Waals surface area contributed by atoms with E-state index in [2.05, 4.69) is 44.3 Å². The van der Waals surface area contributed by atoms with E-state index in [9.17, 15) is 0 Å². The van der Waals surface area contributed by atoms with Crippen molar-refractivity contribution in [1.29, 1.82) is 0 Å². The topological polar surface area (TPSA) is 12.0 Å². The molecule has 0 spiro atoms. The SMILES string of the molecule is CCNC(c1ccc(C)c(Cl)c1)C1(C)CCCC1. The molecule has 1 aliphatic rings. The molecule has 100 valence electrons. The first-order chi connectivity index (χ1) is 8.57. The van der Waals surface area contributed by atoms with E-state index < -0.39 is 0 Å². The number of aryl methyl sites for hydroxylation is 1. The van der Waals surface area contributed by atoms with Gasteiger partial charge in [-0.05, 0) is 48.9 Å². The molecule has 2 rings (SSSR count). The van der Waals surface area contributed by atoms with E-state index in [0.717, 1.165) is 17.1 Å². The molecular formula is C16H24ClN. The molecule has 0 aliphatic heterocycles. The Hall–Kier alpha value is -0.530. The molecule has 18 heavy (non-hydrogen) atoms. The predicted molar refractivity (Wildman–Crippen MR) is 79.2 cm³/mol. The third-order valence-electron chi connectivity index (χ3n) is 4.38. The van der Waals surface area contributed by atoms with Crippen LogP contribution in [0.15, 0.2) is 18.2 Å². The zero-order chi connectivity index (χ0) is 13.2. The van der Waals surface area contributed by atoms with Crippen LogP contribution in [0, 0.1) is 12.3 Å². The molecular weight excluding hydrogens is 242 g/mol. The van der Waals surface area contributed by atoms with Gasteiger partial charge in [-0.2, -0.15) is 0 Å². The highest BCUT2D eigenvalue weighted by Gasteiger charge is 2.37. The van der Waals surface area contributed by atoms with Crippen LogP contribution >= 0.6 is 11.6 Å². The number of halogens is 1. The molecule has 1 aromatic rings. The molecule has 1 N–H and O–H groups in total. The standard InChI is InChI=1S/C16H24ClN/c1-4-18-15(16(3)9-5-6-10-16)13-8-7-12(2)14(17)11-13/h7-8,11,15,18H,4-6,9-10H2,1-3H3. The van der Waals surface area contributed by atoms with Crippen LogP contribution in [0.2, 0.25) is 5.02 Å². The van der Waals surface area contributed by atoms with Crippen molar-refractivity contribution in [1.82, 2.24) is 5.32 Å². The Morgan fingerprint density at radius 3 is 2.56 bits per heavy atom. The van der Waals surface area contributed by atoms with Crippen LogP contribution in [0.3, 0.4) is 0 Å². The van der Waals surface area contributed by atoms with Crippen molar-refractivity contribution in [3.05, 3.63) is 34.3 Å². The average molecular weight is 266 g/mol. The molecule has 0 radical (unpaired) electrons. The quantitative estimate of drug-likeness (QED) is 0.818. The van der Waals surface area contributed by atoms with E-state index >= 15 is 0 Å². The second-order valence-electron chi connectivity index (χ2n) is 5.86. The van der Waals surface area contributed by atoms with Crippen molar-refractivity contribution < 1.29 is 0 Å². The molecule has 0 saturated heterocycles. The minimum absolute atomic E-state index is 0.384. The highest BCUT2D eigenvalue weighted by atomic mass is 35.5. The fraction of sp³-hybridized carbons (Fsp3) is 0.625. The summed E-state index contributed by atoms with van der Waals surface area (Å²) in [4.78, 5) is 0. The molecule has 1 saturated carbocycles. The van der Waals surface area contributed by atoms with Crippen LogP contribution in [0.5, 0.6) is 0 Å². The Morgan fingerprint density at radius 2 is 2.00 bits per heavy atom. The van der Waals surface area contributed by atoms with Crippen molar-refractivity contribution in [2.45, 2.75) is 52.5 Å². The van der Waals surface area contributed by atoms with Gasteiger partial charge in [-0.15, -0.1) is 0 Å². The van der Waals surface area contributed by atoms with Gasteiger partial charge in [0.15, 0.2) is 0 Å². The third kappa shape index (κ3) is 2.73. The normalized spacial score (nSPS) is 20.0. The summed E-state index contributed by atoms with van der Waals surface area (Å²) in [6.07, 6.45) is 5.35. The summed E-state index contributed by atoms with van der Waals surface area (Å²) in [5.41, 5.74) is 2.89. The Morgan fingerprint density at radius 1 is 1.33 bits per heavy atom. The van der Waals surface area contributed by atoms with Crippen molar-refractivity contribution >= 4 is 11.6 Å². The second kappa shape index (κ2) is 5.63. The predicted octanol–water partition coefficient (Wildman–Crippen LogP) is 4.88. The Labute approximate surface area is 116 Å². The van der Waals surface area contributed by atoms with E-state index in [4.69, 9.17) is 11.6 Å². The molecule has 1 aliphatic carbocycles. The molecule has 2 heteroatoms. The van der Waals surface area contributed by atoms with Gasteiger partial charge >= 0.3 is 0 Å². The van der Waals surface area contributed by atoms with Gasteiger partial charge in [-0.1, -0.05) is 50.4 Å². The van der Waals surface area contributed by atoms with Crippen molar-refractivity contribution in [3.63, 3.8) is 0 Å². The van der Waals surface area contributed by atoms with Crippen molar-refractivity contribution in [2.75, 3.05) is 6.54 Å². The van der Waals surface area contributed by atoms with Gasteiger partial charge in [-0.25, -0.2) is 0 Å². The highest BCUT2D eigenvalue weighted by molar-refractivity contribution is 6.31. The molecule has 1 aromatic carbocycles. The van der Waals surface area contributed by atoms with E-state index in [1.54, 1.807) is 0 Å². The fourth-order valence-electron chi connectivity index (χ4n) is 3.23.